The second-order valence-electron chi connectivity index (χ2n) is 4.72. The van der Waals surface area contributed by atoms with E-state index in [0.717, 1.165) is 25.3 Å². The van der Waals surface area contributed by atoms with Gasteiger partial charge in [0, 0.05) is 25.3 Å². The van der Waals surface area contributed by atoms with Crippen LogP contribution in [0, 0.1) is 0 Å². The van der Waals surface area contributed by atoms with Crippen LogP contribution in [0.1, 0.15) is 5.56 Å². The molecular formula is C15H17Br2N5S. The summed E-state index contributed by atoms with van der Waals surface area (Å²) >= 11 is 8.74. The molecule has 0 saturated carbocycles. The molecule has 0 aliphatic rings. The van der Waals surface area contributed by atoms with E-state index in [2.05, 4.69) is 54.3 Å². The molecule has 0 saturated heterocycles. The number of benzene rings is 2. The molecule has 8 heteroatoms. The lowest BCUT2D eigenvalue weighted by atomic mass is 10.2. The SMILES string of the molecule is N/C(=N\C(N)N)Nc1cccc(SCc2cc(Br)cc(Br)c2)c1. The number of nitrogens with two attached hydrogens (primary N) is 3. The highest BCUT2D eigenvalue weighted by Gasteiger charge is 2.02. The molecule has 2 aromatic carbocycles. The van der Waals surface area contributed by atoms with Gasteiger partial charge in [-0.2, -0.15) is 0 Å². The van der Waals surface area contributed by atoms with Crippen molar-refractivity contribution < 1.29 is 0 Å². The molecule has 23 heavy (non-hydrogen) atoms. The highest BCUT2D eigenvalue weighted by molar-refractivity contribution is 9.11. The summed E-state index contributed by atoms with van der Waals surface area (Å²) in [6.45, 7) is 0. The highest BCUT2D eigenvalue weighted by Crippen LogP contribution is 2.28. The topological polar surface area (TPSA) is 102 Å². The maximum absolute atomic E-state index is 5.72. The van der Waals surface area contributed by atoms with E-state index < -0.39 is 6.29 Å². The number of guanidine groups is 1. The van der Waals surface area contributed by atoms with Gasteiger partial charge in [-0.25, -0.2) is 4.99 Å². The molecule has 2 rings (SSSR count). The Morgan fingerprint density at radius 1 is 1.13 bits per heavy atom. The third-order valence-electron chi connectivity index (χ3n) is 2.72. The Bertz CT molecular complexity index is 686. The number of halogens is 2. The van der Waals surface area contributed by atoms with E-state index >= 15 is 0 Å². The number of hydrogen-bond donors (Lipinski definition) is 4. The number of anilines is 1. The maximum Gasteiger partial charge on any atom is 0.195 e. The average Bonchev–Trinajstić information content (AvgIpc) is 2.43. The number of nitrogens with zero attached hydrogens (tertiary/aromatic N) is 1. The predicted octanol–water partition coefficient (Wildman–Crippen LogP) is 3.43. The molecule has 0 aliphatic carbocycles. The van der Waals surface area contributed by atoms with Gasteiger partial charge in [0.15, 0.2) is 12.2 Å². The van der Waals surface area contributed by atoms with Crippen molar-refractivity contribution in [1.82, 2.24) is 0 Å². The zero-order valence-corrected chi connectivity index (χ0v) is 16.2. The Morgan fingerprint density at radius 3 is 2.48 bits per heavy atom. The monoisotopic (exact) mass is 457 g/mol. The fourth-order valence-corrected chi connectivity index (χ4v) is 4.14. The van der Waals surface area contributed by atoms with E-state index in [9.17, 15) is 0 Å². The molecule has 122 valence electrons. The summed E-state index contributed by atoms with van der Waals surface area (Å²) < 4.78 is 2.11. The first-order chi connectivity index (χ1) is 10.9. The Morgan fingerprint density at radius 2 is 1.83 bits per heavy atom. The Labute approximate surface area is 156 Å². The third-order valence-corrected chi connectivity index (χ3v) is 4.70. The van der Waals surface area contributed by atoms with Gasteiger partial charge in [0.25, 0.3) is 0 Å². The van der Waals surface area contributed by atoms with E-state index in [1.807, 2.05) is 30.3 Å². The van der Waals surface area contributed by atoms with E-state index in [1.54, 1.807) is 11.8 Å². The predicted molar refractivity (Wildman–Crippen MR) is 105 cm³/mol. The molecule has 7 N–H and O–H groups in total. The van der Waals surface area contributed by atoms with Gasteiger partial charge in [0.1, 0.15) is 0 Å². The molecule has 0 fully saturated rings. The maximum atomic E-state index is 5.72. The van der Waals surface area contributed by atoms with Gasteiger partial charge in [0.2, 0.25) is 0 Å². The fraction of sp³-hybridized carbons (Fsp3) is 0.133. The highest BCUT2D eigenvalue weighted by atomic mass is 79.9. The van der Waals surface area contributed by atoms with Gasteiger partial charge in [-0.1, -0.05) is 37.9 Å². The van der Waals surface area contributed by atoms with E-state index in [0.29, 0.717) is 0 Å². The summed E-state index contributed by atoms with van der Waals surface area (Å²) in [5.41, 5.74) is 18.5. The summed E-state index contributed by atoms with van der Waals surface area (Å²) in [6, 6.07) is 14.1. The van der Waals surface area contributed by atoms with Crippen LogP contribution in [0.3, 0.4) is 0 Å². The van der Waals surface area contributed by atoms with E-state index in [4.69, 9.17) is 17.2 Å². The Balaban J connectivity index is 2.02. The van der Waals surface area contributed by atoms with E-state index in [-0.39, 0.29) is 5.96 Å². The van der Waals surface area contributed by atoms with Gasteiger partial charge in [-0.05, 0) is 42.0 Å². The molecule has 5 nitrogen and oxygen atoms in total. The minimum atomic E-state index is -0.824. The summed E-state index contributed by atoms with van der Waals surface area (Å²) in [5, 5.41) is 2.97. The van der Waals surface area contributed by atoms with Crippen LogP contribution in [0.4, 0.5) is 5.69 Å². The van der Waals surface area contributed by atoms with Crippen molar-refractivity contribution >= 4 is 55.3 Å². The largest absolute Gasteiger partial charge is 0.370 e. The normalized spacial score (nSPS) is 11.8. The first-order valence-electron chi connectivity index (χ1n) is 6.71. The minimum Gasteiger partial charge on any atom is -0.370 e. The molecule has 0 aromatic heterocycles. The summed E-state index contributed by atoms with van der Waals surface area (Å²) in [5.74, 6) is 1.05. The van der Waals surface area contributed by atoms with Crippen molar-refractivity contribution in [2.75, 3.05) is 5.32 Å². The average molecular weight is 459 g/mol. The smallest absolute Gasteiger partial charge is 0.195 e. The Kier molecular flexibility index (Phi) is 6.91. The third kappa shape index (κ3) is 6.52. The molecule has 0 heterocycles. The molecule has 0 bridgehead atoms. The van der Waals surface area contributed by atoms with Gasteiger partial charge in [0.05, 0.1) is 0 Å². The van der Waals surface area contributed by atoms with Crippen molar-refractivity contribution in [3.63, 3.8) is 0 Å². The molecule has 0 aliphatic heterocycles. The lowest BCUT2D eigenvalue weighted by Gasteiger charge is -2.09. The van der Waals surface area contributed by atoms with Crippen LogP contribution < -0.4 is 22.5 Å². The molecule has 0 unspecified atom stereocenters. The molecule has 0 spiro atoms. The molecule has 0 amide bonds. The van der Waals surface area contributed by atoms with Crippen molar-refractivity contribution in [1.29, 1.82) is 0 Å². The van der Waals surface area contributed by atoms with E-state index in [1.165, 1.54) is 5.56 Å². The van der Waals surface area contributed by atoms with Crippen LogP contribution in [0.15, 0.2) is 61.3 Å². The lowest BCUT2D eigenvalue weighted by Crippen LogP contribution is -2.34. The number of rotatable bonds is 5. The number of hydrogen-bond acceptors (Lipinski definition) is 4. The van der Waals surface area contributed by atoms with Crippen molar-refractivity contribution in [3.8, 4) is 0 Å². The fourth-order valence-electron chi connectivity index (χ4n) is 1.87. The number of thioether (sulfide) groups is 1. The first-order valence-corrected chi connectivity index (χ1v) is 9.29. The summed E-state index contributed by atoms with van der Waals surface area (Å²) in [4.78, 5) is 4.96. The van der Waals surface area contributed by atoms with Crippen LogP contribution in [0.2, 0.25) is 0 Å². The van der Waals surface area contributed by atoms with Crippen LogP contribution in [-0.2, 0) is 5.75 Å². The standard InChI is InChI=1S/C15H17Br2N5S/c16-10-4-9(5-11(17)6-10)8-23-13-3-1-2-12(7-13)21-15(20)22-14(18)19/h1-7,14H,8,18-19H2,(H3,20,21,22). The summed E-state index contributed by atoms with van der Waals surface area (Å²) in [6.07, 6.45) is -0.824. The van der Waals surface area contributed by atoms with Gasteiger partial charge in [-0.15, -0.1) is 11.8 Å². The summed E-state index contributed by atoms with van der Waals surface area (Å²) in [7, 11) is 0. The zero-order chi connectivity index (χ0) is 16.8. The van der Waals surface area contributed by atoms with Gasteiger partial charge < -0.3 is 11.1 Å². The van der Waals surface area contributed by atoms with Crippen LogP contribution in [0.25, 0.3) is 0 Å². The van der Waals surface area contributed by atoms with Gasteiger partial charge >= 0.3 is 0 Å². The second kappa shape index (κ2) is 8.70. The first kappa shape index (κ1) is 18.3. The zero-order valence-electron chi connectivity index (χ0n) is 12.2. The number of nitrogens with one attached hydrogen (secondary N) is 1. The molecule has 2 aromatic rings. The Hall–Kier alpha value is -1.06. The van der Waals surface area contributed by atoms with Crippen molar-refractivity contribution in [3.05, 3.63) is 57.0 Å². The second-order valence-corrected chi connectivity index (χ2v) is 7.60. The lowest BCUT2D eigenvalue weighted by molar-refractivity contribution is 0.750. The molecule has 0 atom stereocenters. The van der Waals surface area contributed by atoms with Crippen LogP contribution in [-0.4, -0.2) is 12.2 Å². The van der Waals surface area contributed by atoms with Crippen LogP contribution in [0.5, 0.6) is 0 Å². The number of aliphatic imine (C=N–C) groups is 1. The molecule has 0 radical (unpaired) electrons. The molecular weight excluding hydrogens is 442 g/mol. The minimum absolute atomic E-state index is 0.193. The van der Waals surface area contributed by atoms with Gasteiger partial charge in [-0.3, -0.25) is 11.5 Å². The van der Waals surface area contributed by atoms with Crippen LogP contribution >= 0.6 is 43.6 Å². The quantitative estimate of drug-likeness (QED) is 0.238. The van der Waals surface area contributed by atoms with Crippen molar-refractivity contribution in [2.45, 2.75) is 16.9 Å². The van der Waals surface area contributed by atoms with Crippen molar-refractivity contribution in [2.24, 2.45) is 22.2 Å².